The minimum atomic E-state index is -0.469. The van der Waals surface area contributed by atoms with Gasteiger partial charge in [-0.3, -0.25) is 29.0 Å². The van der Waals surface area contributed by atoms with Gasteiger partial charge in [-0.25, -0.2) is 9.59 Å². The van der Waals surface area contributed by atoms with Gasteiger partial charge in [-0.05, 0) is 98.0 Å². The van der Waals surface area contributed by atoms with Gasteiger partial charge in [0.2, 0.25) is 11.8 Å². The SMILES string of the molecule is COC(=O)c1ccc2c(c1)NC(=O)/C2=C(\Nc1ccc(N(C)C(=O)CN2CCN(C)CC2)cc1)c1ccccc1.COC(=O)c1ccc2c(c1)NC(=O)/C2=C(\Nc1ccc(N(C)C(=O)CN2CCN(C)CC2)cc1)c1ccccc1.O. The van der Waals surface area contributed by atoms with E-state index < -0.39 is 11.9 Å². The van der Waals surface area contributed by atoms with Gasteiger partial charge in [0, 0.05) is 100 Å². The van der Waals surface area contributed by atoms with Crippen molar-refractivity contribution < 1.29 is 43.7 Å². The molecule has 4 aliphatic heterocycles. The molecule has 0 atom stereocenters. The molecule has 19 nitrogen and oxygen atoms in total. The number of hydrogen-bond donors (Lipinski definition) is 4. The summed E-state index contributed by atoms with van der Waals surface area (Å²) >= 11 is 0. The van der Waals surface area contributed by atoms with Crippen molar-refractivity contribution in [3.05, 3.63) is 179 Å². The number of fused-ring (bicyclic) bond motifs is 2. The van der Waals surface area contributed by atoms with Gasteiger partial charge in [-0.15, -0.1) is 0 Å². The summed E-state index contributed by atoms with van der Waals surface area (Å²) in [7, 11) is 10.4. The number of likely N-dealkylation sites (N-methyl/N-ethyl adjacent to an activating group) is 4. The Labute approximate surface area is 471 Å². The van der Waals surface area contributed by atoms with E-state index in [1.807, 2.05) is 109 Å². The average molecular weight is 1100 g/mol. The lowest BCUT2D eigenvalue weighted by atomic mass is 9.99. The van der Waals surface area contributed by atoms with Gasteiger partial charge in [-0.2, -0.15) is 0 Å². The van der Waals surface area contributed by atoms with Crippen LogP contribution < -0.4 is 31.1 Å². The first-order valence-corrected chi connectivity index (χ1v) is 26.4. The zero-order valence-electron chi connectivity index (χ0n) is 46.4. The monoisotopic (exact) mass is 1100 g/mol. The maximum absolute atomic E-state index is 13.2. The number of methoxy groups -OCH3 is 2. The molecule has 6 aromatic carbocycles. The van der Waals surface area contributed by atoms with Crippen LogP contribution in [0.25, 0.3) is 22.5 Å². The molecule has 2 fully saturated rings. The fourth-order valence-corrected chi connectivity index (χ4v) is 9.82. The summed E-state index contributed by atoms with van der Waals surface area (Å²) in [5, 5.41) is 12.6. The lowest BCUT2D eigenvalue weighted by Crippen LogP contribution is -2.48. The number of piperazine rings is 2. The van der Waals surface area contributed by atoms with E-state index in [0.717, 1.165) is 86.2 Å². The Bertz CT molecular complexity index is 3110. The molecule has 4 aliphatic rings. The first-order valence-electron chi connectivity index (χ1n) is 26.4. The van der Waals surface area contributed by atoms with Crippen LogP contribution in [0.1, 0.15) is 43.0 Å². The highest BCUT2D eigenvalue weighted by Crippen LogP contribution is 2.40. The van der Waals surface area contributed by atoms with Gasteiger partial charge in [0.25, 0.3) is 11.8 Å². The molecule has 10 rings (SSSR count). The Hall–Kier alpha value is -8.98. The highest BCUT2D eigenvalue weighted by Gasteiger charge is 2.32. The number of carbonyl (C=O) groups excluding carboxylic acids is 6. The quantitative estimate of drug-likeness (QED) is 0.0685. The number of carbonyl (C=O) groups is 6. The fraction of sp³-hybridized carbons (Fsp3) is 0.258. The largest absolute Gasteiger partial charge is 0.465 e. The molecule has 6 N–H and O–H groups in total. The highest BCUT2D eigenvalue weighted by atomic mass is 16.5. The first-order chi connectivity index (χ1) is 38.7. The Kier molecular flexibility index (Phi) is 18.9. The van der Waals surface area contributed by atoms with Gasteiger partial charge in [-0.1, -0.05) is 72.8 Å². The van der Waals surface area contributed by atoms with Crippen molar-refractivity contribution in [3.8, 4) is 0 Å². The van der Waals surface area contributed by atoms with E-state index in [0.29, 0.717) is 69.3 Å². The summed E-state index contributed by atoms with van der Waals surface area (Å²) < 4.78 is 9.65. The second kappa shape index (κ2) is 26.3. The first kappa shape index (κ1) is 58.2. The molecule has 420 valence electrons. The molecule has 0 radical (unpaired) electrons. The van der Waals surface area contributed by atoms with Crippen LogP contribution in [0, 0.1) is 0 Å². The molecular weight excluding hydrogens is 1030 g/mol. The molecule has 6 aromatic rings. The van der Waals surface area contributed by atoms with Crippen LogP contribution in [-0.4, -0.2) is 169 Å². The van der Waals surface area contributed by atoms with Gasteiger partial charge in [0.1, 0.15) is 0 Å². The number of nitrogens with zero attached hydrogens (tertiary/aromatic N) is 6. The lowest BCUT2D eigenvalue weighted by Gasteiger charge is -2.32. The van der Waals surface area contributed by atoms with Gasteiger partial charge >= 0.3 is 11.9 Å². The standard InChI is InChI=1S/2C31H33N5O4.H2O/c2*1-34-15-17-36(18-16-34)20-27(37)35(2)24-12-10-23(11-13-24)32-29(21-7-5-4-6-8-21)28-25-14-9-22(31(39)40-3)19-26(25)33-30(28)38;/h2*4-14,19,32H,15-18,20H2,1-3H3,(H,33,38);1H2/b2*29-28-;. The van der Waals surface area contributed by atoms with Crippen molar-refractivity contribution in [3.63, 3.8) is 0 Å². The van der Waals surface area contributed by atoms with Crippen LogP contribution >= 0.6 is 0 Å². The van der Waals surface area contributed by atoms with Crippen molar-refractivity contribution in [2.45, 2.75) is 0 Å². The number of nitrogens with one attached hydrogen (secondary N) is 4. The van der Waals surface area contributed by atoms with E-state index in [1.165, 1.54) is 14.2 Å². The van der Waals surface area contributed by atoms with Crippen LogP contribution in [-0.2, 0) is 28.7 Å². The molecule has 0 aromatic heterocycles. The van der Waals surface area contributed by atoms with Crippen LogP contribution in [0.2, 0.25) is 0 Å². The van der Waals surface area contributed by atoms with Crippen LogP contribution in [0.3, 0.4) is 0 Å². The molecule has 0 aliphatic carbocycles. The number of ether oxygens (including phenoxy) is 2. The molecule has 2 saturated heterocycles. The Balaban J connectivity index is 0.000000210. The summed E-state index contributed by atoms with van der Waals surface area (Å²) in [5.41, 5.74) is 10.2. The minimum absolute atomic E-state index is 0. The fourth-order valence-electron chi connectivity index (χ4n) is 9.82. The second-order valence-corrected chi connectivity index (χ2v) is 20.1. The third-order valence-corrected chi connectivity index (χ3v) is 14.7. The van der Waals surface area contributed by atoms with Crippen LogP contribution in [0.5, 0.6) is 0 Å². The lowest BCUT2D eigenvalue weighted by molar-refractivity contribution is -0.120. The highest BCUT2D eigenvalue weighted by molar-refractivity contribution is 6.38. The van der Waals surface area contributed by atoms with Crippen molar-refractivity contribution >= 4 is 92.2 Å². The summed E-state index contributed by atoms with van der Waals surface area (Å²) in [6.45, 7) is 8.18. The van der Waals surface area contributed by atoms with Crippen molar-refractivity contribution in [2.75, 3.05) is 139 Å². The summed E-state index contributed by atoms with van der Waals surface area (Å²) in [6, 6.07) is 44.4. The number of amides is 4. The Morgan fingerprint density at radius 1 is 0.481 bits per heavy atom. The zero-order chi connectivity index (χ0) is 56.5. The smallest absolute Gasteiger partial charge is 0.337 e. The van der Waals surface area contributed by atoms with E-state index in [9.17, 15) is 28.8 Å². The second-order valence-electron chi connectivity index (χ2n) is 20.1. The zero-order valence-corrected chi connectivity index (χ0v) is 46.4. The van der Waals surface area contributed by atoms with Gasteiger partial charge < -0.3 is 55.8 Å². The molecule has 81 heavy (non-hydrogen) atoms. The number of rotatable bonds is 14. The predicted octanol–water partition coefficient (Wildman–Crippen LogP) is 6.41. The van der Waals surface area contributed by atoms with E-state index in [-0.39, 0.29) is 29.1 Å². The number of hydrogen-bond acceptors (Lipinski definition) is 14. The Morgan fingerprint density at radius 3 is 1.16 bits per heavy atom. The van der Waals surface area contributed by atoms with E-state index in [2.05, 4.69) is 55.0 Å². The van der Waals surface area contributed by atoms with Crippen LogP contribution in [0.15, 0.2) is 146 Å². The maximum Gasteiger partial charge on any atom is 0.337 e. The van der Waals surface area contributed by atoms with E-state index >= 15 is 0 Å². The molecule has 0 saturated carbocycles. The molecule has 0 bridgehead atoms. The van der Waals surface area contributed by atoms with Gasteiger partial charge in [0.05, 0.1) is 72.4 Å². The van der Waals surface area contributed by atoms with Crippen molar-refractivity contribution in [1.29, 1.82) is 0 Å². The molecule has 0 spiro atoms. The van der Waals surface area contributed by atoms with Gasteiger partial charge in [0.15, 0.2) is 0 Å². The predicted molar refractivity (Wildman–Crippen MR) is 318 cm³/mol. The topological polar surface area (TPSA) is 220 Å². The number of benzene rings is 6. The maximum atomic E-state index is 13.2. The minimum Gasteiger partial charge on any atom is -0.465 e. The molecular formula is C62H68N10O9. The van der Waals surface area contributed by atoms with Crippen molar-refractivity contribution in [1.82, 2.24) is 19.6 Å². The summed E-state index contributed by atoms with van der Waals surface area (Å²) in [5.74, 6) is -1.39. The molecule has 4 amide bonds. The number of anilines is 6. The Morgan fingerprint density at radius 2 is 0.827 bits per heavy atom. The third kappa shape index (κ3) is 13.7. The van der Waals surface area contributed by atoms with E-state index in [4.69, 9.17) is 9.47 Å². The van der Waals surface area contributed by atoms with Crippen molar-refractivity contribution in [2.24, 2.45) is 0 Å². The molecule has 4 heterocycles. The molecule has 0 unspecified atom stereocenters. The number of esters is 2. The average Bonchev–Trinajstić information content (AvgIpc) is 4.00. The van der Waals surface area contributed by atoms with E-state index in [1.54, 1.807) is 60.3 Å². The normalized spacial score (nSPS) is 16.4. The summed E-state index contributed by atoms with van der Waals surface area (Å²) in [6.07, 6.45) is 0. The third-order valence-electron chi connectivity index (χ3n) is 14.7. The molecule has 19 heteroatoms. The van der Waals surface area contributed by atoms with Crippen LogP contribution in [0.4, 0.5) is 34.1 Å². The summed E-state index contributed by atoms with van der Waals surface area (Å²) in [4.78, 5) is 88.6.